The number of hydrogen-bond acceptors (Lipinski definition) is 4. The third-order valence-corrected chi connectivity index (χ3v) is 9.43. The maximum absolute atomic E-state index is 13.6. The van der Waals surface area contributed by atoms with Gasteiger partial charge in [-0.2, -0.15) is 5.10 Å². The molecule has 1 unspecified atom stereocenters. The lowest BCUT2D eigenvalue weighted by Crippen LogP contribution is -2.45. The van der Waals surface area contributed by atoms with Crippen molar-refractivity contribution in [3.8, 4) is 17.0 Å². The minimum Gasteiger partial charge on any atom is -0.493 e. The van der Waals surface area contributed by atoms with Crippen molar-refractivity contribution in [2.24, 2.45) is 0 Å². The van der Waals surface area contributed by atoms with Crippen LogP contribution in [0.5, 0.6) is 5.75 Å². The Kier molecular flexibility index (Phi) is 7.35. The van der Waals surface area contributed by atoms with E-state index in [4.69, 9.17) is 9.84 Å². The van der Waals surface area contributed by atoms with Gasteiger partial charge in [-0.05, 0) is 78.0 Å². The monoisotopic (exact) mass is 604 g/mol. The number of benzene rings is 5. The first kappa shape index (κ1) is 28.3. The largest absolute Gasteiger partial charge is 0.493 e. The lowest BCUT2D eigenvalue weighted by Gasteiger charge is -2.37. The second kappa shape index (κ2) is 12.0. The fraction of sp³-hybridized carbons (Fsp3) is 0.200. The summed E-state index contributed by atoms with van der Waals surface area (Å²) in [6.07, 6.45) is 2.91. The molecule has 2 N–H and O–H groups in total. The molecule has 6 heteroatoms. The molecule has 1 saturated heterocycles. The summed E-state index contributed by atoms with van der Waals surface area (Å²) in [6.45, 7) is 2.48. The molecule has 1 aromatic heterocycles. The Morgan fingerprint density at radius 1 is 0.826 bits per heavy atom. The van der Waals surface area contributed by atoms with E-state index in [0.29, 0.717) is 12.2 Å². The molecule has 0 spiro atoms. The molecule has 8 rings (SSSR count). The Labute approximate surface area is 269 Å². The number of carbonyl (C=O) groups excluding carboxylic acids is 1. The highest BCUT2D eigenvalue weighted by molar-refractivity contribution is 6.02. The van der Waals surface area contributed by atoms with Crippen molar-refractivity contribution in [2.45, 2.75) is 30.8 Å². The van der Waals surface area contributed by atoms with Crippen molar-refractivity contribution in [3.05, 3.63) is 155 Å². The van der Waals surface area contributed by atoms with Gasteiger partial charge in [0, 0.05) is 35.5 Å². The number of amides is 1. The number of ether oxygens (including phenoxy) is 1. The maximum Gasteiger partial charge on any atom is 0.251 e. The Morgan fingerprint density at radius 3 is 2.13 bits per heavy atom. The van der Waals surface area contributed by atoms with E-state index in [2.05, 4.69) is 125 Å². The normalized spacial score (nSPS) is 16.1. The van der Waals surface area contributed by atoms with E-state index in [0.717, 1.165) is 77.0 Å². The van der Waals surface area contributed by atoms with E-state index < -0.39 is 5.54 Å². The minimum atomic E-state index is -0.794. The summed E-state index contributed by atoms with van der Waals surface area (Å²) >= 11 is 0. The van der Waals surface area contributed by atoms with Gasteiger partial charge in [-0.1, -0.05) is 91.0 Å². The molecule has 3 heterocycles. The number of carbonyl (C=O) groups is 1. The van der Waals surface area contributed by atoms with Gasteiger partial charge in [0.25, 0.3) is 5.91 Å². The number of rotatable bonds is 7. The summed E-state index contributed by atoms with van der Waals surface area (Å²) in [5.74, 6) is 0.873. The average Bonchev–Trinajstić information content (AvgIpc) is 3.75. The minimum absolute atomic E-state index is 0.0582. The highest BCUT2D eigenvalue weighted by Gasteiger charge is 2.41. The zero-order valence-electron chi connectivity index (χ0n) is 25.7. The zero-order valence-corrected chi connectivity index (χ0v) is 25.7. The highest BCUT2D eigenvalue weighted by Crippen LogP contribution is 2.44. The molecule has 1 fully saturated rings. The lowest BCUT2D eigenvalue weighted by molar-refractivity contribution is 0.0931. The molecule has 0 bridgehead atoms. The summed E-state index contributed by atoms with van der Waals surface area (Å²) in [6, 6.07) is 44.3. The molecule has 1 amide bonds. The van der Waals surface area contributed by atoms with Crippen LogP contribution < -0.4 is 15.4 Å². The summed E-state index contributed by atoms with van der Waals surface area (Å²) < 4.78 is 8.02. The predicted octanol–water partition coefficient (Wildman–Crippen LogP) is 6.96. The van der Waals surface area contributed by atoms with Gasteiger partial charge < -0.3 is 15.4 Å². The predicted molar refractivity (Wildman–Crippen MR) is 182 cm³/mol. The Bertz CT molecular complexity index is 1900. The molecule has 6 aromatic rings. The first-order valence-corrected chi connectivity index (χ1v) is 16.2. The van der Waals surface area contributed by atoms with E-state index in [1.54, 1.807) is 0 Å². The van der Waals surface area contributed by atoms with Crippen LogP contribution in [-0.4, -0.2) is 41.4 Å². The van der Waals surface area contributed by atoms with Crippen LogP contribution in [0.2, 0.25) is 0 Å². The third-order valence-electron chi connectivity index (χ3n) is 9.43. The number of nitrogens with zero attached hydrogens (tertiary/aromatic N) is 2. The second-order valence-corrected chi connectivity index (χ2v) is 12.2. The fourth-order valence-electron chi connectivity index (χ4n) is 7.21. The van der Waals surface area contributed by atoms with Crippen molar-refractivity contribution in [3.63, 3.8) is 0 Å². The van der Waals surface area contributed by atoms with E-state index in [9.17, 15) is 4.79 Å². The van der Waals surface area contributed by atoms with Crippen LogP contribution in [0.15, 0.2) is 127 Å². The first-order valence-electron chi connectivity index (χ1n) is 16.2. The number of fused-ring (bicyclic) bond motifs is 2. The molecule has 0 radical (unpaired) electrons. The van der Waals surface area contributed by atoms with Gasteiger partial charge in [0.2, 0.25) is 0 Å². The molecule has 5 aromatic carbocycles. The van der Waals surface area contributed by atoms with E-state index >= 15 is 0 Å². The lowest BCUT2D eigenvalue weighted by atomic mass is 9.77. The average molecular weight is 605 g/mol. The third kappa shape index (κ3) is 4.86. The summed E-state index contributed by atoms with van der Waals surface area (Å²) in [7, 11) is 0. The number of aromatic nitrogens is 2. The molecular weight excluding hydrogens is 568 g/mol. The fourth-order valence-corrected chi connectivity index (χ4v) is 7.21. The van der Waals surface area contributed by atoms with Crippen LogP contribution in [0.25, 0.3) is 22.2 Å². The van der Waals surface area contributed by atoms with Crippen LogP contribution in [0.1, 0.15) is 45.5 Å². The summed E-state index contributed by atoms with van der Waals surface area (Å²) in [5.41, 5.74) is 7.09. The van der Waals surface area contributed by atoms with Crippen molar-refractivity contribution in [1.29, 1.82) is 0 Å². The SMILES string of the molecule is O=C(NC1CCCNC1)c1ccc2c(c1)c(-c1ccc3c(c1)CCO3)nn2C(c1ccccc1)(c1ccccc1)c1ccccc1. The molecule has 0 aliphatic carbocycles. The van der Waals surface area contributed by atoms with Crippen LogP contribution in [0, 0.1) is 0 Å². The van der Waals surface area contributed by atoms with Gasteiger partial charge in [-0.3, -0.25) is 4.79 Å². The van der Waals surface area contributed by atoms with Crippen molar-refractivity contribution < 1.29 is 9.53 Å². The van der Waals surface area contributed by atoms with Crippen molar-refractivity contribution >= 4 is 16.8 Å². The van der Waals surface area contributed by atoms with Gasteiger partial charge in [0.1, 0.15) is 17.0 Å². The molecule has 2 aliphatic heterocycles. The standard InChI is InChI=1S/C40H36N4O2/c45-39(42-34-17-10-23-41-27-34)30-18-20-36-35(26-30)38(29-19-21-37-28(25-29)22-24-46-37)43-44(36)40(31-11-4-1-5-12-31,32-13-6-2-7-14-32)33-15-8-3-9-16-33/h1-9,11-16,18-21,25-26,34,41H,10,17,22-24,27H2,(H,42,45). The Morgan fingerprint density at radius 2 is 1.50 bits per heavy atom. The van der Waals surface area contributed by atoms with Gasteiger partial charge in [0.15, 0.2) is 0 Å². The molecule has 1 atom stereocenters. The van der Waals surface area contributed by atoms with Gasteiger partial charge in [-0.15, -0.1) is 0 Å². The summed E-state index contributed by atoms with van der Waals surface area (Å²) in [4.78, 5) is 13.6. The van der Waals surface area contributed by atoms with Crippen LogP contribution in [0.4, 0.5) is 0 Å². The highest BCUT2D eigenvalue weighted by atomic mass is 16.5. The second-order valence-electron chi connectivity index (χ2n) is 12.2. The molecule has 6 nitrogen and oxygen atoms in total. The number of piperidine rings is 1. The Balaban J connectivity index is 1.40. The number of hydrogen-bond donors (Lipinski definition) is 2. The molecule has 0 saturated carbocycles. The van der Waals surface area contributed by atoms with Crippen LogP contribution >= 0.6 is 0 Å². The zero-order chi connectivity index (χ0) is 30.9. The quantitative estimate of drug-likeness (QED) is 0.193. The molecular formula is C40H36N4O2. The maximum atomic E-state index is 13.6. The van der Waals surface area contributed by atoms with Crippen LogP contribution in [-0.2, 0) is 12.0 Å². The van der Waals surface area contributed by atoms with Crippen molar-refractivity contribution in [1.82, 2.24) is 20.4 Å². The van der Waals surface area contributed by atoms with E-state index in [1.807, 2.05) is 18.2 Å². The first-order chi connectivity index (χ1) is 22.7. The van der Waals surface area contributed by atoms with E-state index in [-0.39, 0.29) is 11.9 Å². The summed E-state index contributed by atoms with van der Waals surface area (Å²) in [5, 5.41) is 13.1. The van der Waals surface area contributed by atoms with Gasteiger partial charge in [0.05, 0.1) is 12.1 Å². The topological polar surface area (TPSA) is 68.2 Å². The van der Waals surface area contributed by atoms with Gasteiger partial charge in [-0.25, -0.2) is 4.68 Å². The smallest absolute Gasteiger partial charge is 0.251 e. The number of nitrogens with one attached hydrogen (secondary N) is 2. The van der Waals surface area contributed by atoms with Crippen LogP contribution in [0.3, 0.4) is 0 Å². The van der Waals surface area contributed by atoms with E-state index in [1.165, 1.54) is 5.56 Å². The molecule has 46 heavy (non-hydrogen) atoms. The Hall–Kier alpha value is -5.20. The van der Waals surface area contributed by atoms with Crippen molar-refractivity contribution in [2.75, 3.05) is 19.7 Å². The molecule has 228 valence electrons. The molecule has 2 aliphatic rings. The van der Waals surface area contributed by atoms with Gasteiger partial charge >= 0.3 is 0 Å².